The molecular weight excluding hydrogens is 386 g/mol. The zero-order valence-electron chi connectivity index (χ0n) is 16.9. The third-order valence-corrected chi connectivity index (χ3v) is 6.99. The molecule has 1 aliphatic rings. The fraction of sp³-hybridized carbons (Fsp3) is 0.409. The van der Waals surface area contributed by atoms with Crippen LogP contribution in [0.2, 0.25) is 0 Å². The topological polar surface area (TPSA) is 78.5 Å². The van der Waals surface area contributed by atoms with Crippen LogP contribution in [0.4, 0.5) is 5.69 Å². The molecule has 0 spiro atoms. The van der Waals surface area contributed by atoms with Crippen LogP contribution in [-0.2, 0) is 21.4 Å². The molecule has 0 atom stereocenters. The maximum absolute atomic E-state index is 12.9. The van der Waals surface area contributed by atoms with Gasteiger partial charge in [0.15, 0.2) is 0 Å². The molecule has 0 saturated carbocycles. The van der Waals surface area contributed by atoms with E-state index in [1.165, 1.54) is 5.56 Å². The summed E-state index contributed by atoms with van der Waals surface area (Å²) >= 11 is 0. The number of sulfonamides is 1. The maximum Gasteiger partial charge on any atom is 0.243 e. The van der Waals surface area contributed by atoms with Crippen molar-refractivity contribution < 1.29 is 13.2 Å². The van der Waals surface area contributed by atoms with E-state index in [9.17, 15) is 13.2 Å². The van der Waals surface area contributed by atoms with Gasteiger partial charge in [0.1, 0.15) is 0 Å². The minimum Gasteiger partial charge on any atom is -0.376 e. The van der Waals surface area contributed by atoms with Gasteiger partial charge in [-0.15, -0.1) is 0 Å². The molecule has 0 aliphatic carbocycles. The third kappa shape index (κ3) is 6.05. The van der Waals surface area contributed by atoms with Crippen LogP contribution in [-0.4, -0.2) is 38.3 Å². The molecule has 6 nitrogen and oxygen atoms in total. The Morgan fingerprint density at radius 2 is 1.69 bits per heavy atom. The van der Waals surface area contributed by atoms with Crippen molar-refractivity contribution in [3.8, 4) is 0 Å². The second-order valence-corrected chi connectivity index (χ2v) is 9.40. The molecule has 0 radical (unpaired) electrons. The predicted octanol–water partition coefficient (Wildman–Crippen LogP) is 3.29. The lowest BCUT2D eigenvalue weighted by molar-refractivity contribution is -0.119. The summed E-state index contributed by atoms with van der Waals surface area (Å²) in [6.07, 6.45) is 3.95. The van der Waals surface area contributed by atoms with E-state index in [0.717, 1.165) is 31.2 Å². The highest BCUT2D eigenvalue weighted by atomic mass is 32.2. The summed E-state index contributed by atoms with van der Waals surface area (Å²) < 4.78 is 27.4. The van der Waals surface area contributed by atoms with Crippen LogP contribution in [0.25, 0.3) is 0 Å². The summed E-state index contributed by atoms with van der Waals surface area (Å²) in [5.74, 6) is -0.147. The highest BCUT2D eigenvalue weighted by Crippen LogP contribution is 2.22. The molecule has 2 N–H and O–H groups in total. The summed E-state index contributed by atoms with van der Waals surface area (Å²) in [4.78, 5) is 12.4. The fourth-order valence-corrected chi connectivity index (χ4v) is 4.91. The summed E-state index contributed by atoms with van der Waals surface area (Å²) in [7, 11) is -3.50. The average molecular weight is 416 g/mol. The summed E-state index contributed by atoms with van der Waals surface area (Å²) in [5, 5.41) is 5.89. The number of amides is 1. The normalized spacial score (nSPS) is 15.5. The first-order valence-electron chi connectivity index (χ1n) is 10.1. The van der Waals surface area contributed by atoms with Crippen LogP contribution in [0.5, 0.6) is 0 Å². The molecule has 156 valence electrons. The Kier molecular flexibility index (Phi) is 7.28. The van der Waals surface area contributed by atoms with Gasteiger partial charge in [-0.1, -0.05) is 48.7 Å². The van der Waals surface area contributed by atoms with Gasteiger partial charge >= 0.3 is 0 Å². The van der Waals surface area contributed by atoms with Gasteiger partial charge in [0.2, 0.25) is 15.9 Å². The van der Waals surface area contributed by atoms with Gasteiger partial charge in [-0.2, -0.15) is 4.31 Å². The predicted molar refractivity (Wildman–Crippen MR) is 115 cm³/mol. The van der Waals surface area contributed by atoms with Crippen LogP contribution in [0.3, 0.4) is 0 Å². The maximum atomic E-state index is 12.9. The molecular formula is C22H29N3O3S. The first kappa shape index (κ1) is 21.3. The average Bonchev–Trinajstić information content (AvgIpc) is 3.02. The largest absolute Gasteiger partial charge is 0.376 e. The number of carbonyl (C=O) groups is 1. The van der Waals surface area contributed by atoms with E-state index >= 15 is 0 Å². The van der Waals surface area contributed by atoms with E-state index in [4.69, 9.17) is 0 Å². The number of nitrogens with one attached hydrogen (secondary N) is 2. The molecule has 1 heterocycles. The van der Waals surface area contributed by atoms with E-state index in [-0.39, 0.29) is 17.3 Å². The molecule has 1 amide bonds. The van der Waals surface area contributed by atoms with Crippen molar-refractivity contribution in [1.82, 2.24) is 9.62 Å². The fourth-order valence-electron chi connectivity index (χ4n) is 3.35. The standard InChI is InChI=1S/C22H29N3O3S/c1-18-9-11-19(12-10-18)16-24-22(26)17-23-20-7-6-8-21(15-20)29(27,28)25-13-4-2-3-5-14-25/h6-12,15,23H,2-5,13-14,16-17H2,1H3,(H,24,26). The van der Waals surface area contributed by atoms with Gasteiger partial charge < -0.3 is 10.6 Å². The van der Waals surface area contributed by atoms with Gasteiger partial charge in [0, 0.05) is 25.3 Å². The molecule has 7 heteroatoms. The number of aryl methyl sites for hydroxylation is 1. The first-order valence-corrected chi connectivity index (χ1v) is 11.6. The van der Waals surface area contributed by atoms with E-state index in [2.05, 4.69) is 10.6 Å². The van der Waals surface area contributed by atoms with Crippen LogP contribution in [0.1, 0.15) is 36.8 Å². The first-order chi connectivity index (χ1) is 13.9. The van der Waals surface area contributed by atoms with Crippen molar-refractivity contribution in [1.29, 1.82) is 0 Å². The van der Waals surface area contributed by atoms with Crippen LogP contribution in [0, 0.1) is 6.92 Å². The molecule has 2 aromatic rings. The molecule has 1 saturated heterocycles. The zero-order chi connectivity index (χ0) is 20.7. The SMILES string of the molecule is Cc1ccc(CNC(=O)CNc2cccc(S(=O)(=O)N3CCCCCC3)c2)cc1. The second-order valence-electron chi connectivity index (χ2n) is 7.46. The highest BCUT2D eigenvalue weighted by molar-refractivity contribution is 7.89. The lowest BCUT2D eigenvalue weighted by Crippen LogP contribution is -2.32. The number of hydrogen-bond acceptors (Lipinski definition) is 4. The monoisotopic (exact) mass is 415 g/mol. The van der Waals surface area contributed by atoms with Gasteiger partial charge in [0.25, 0.3) is 0 Å². The Bertz CT molecular complexity index is 919. The Morgan fingerprint density at radius 3 is 2.38 bits per heavy atom. The quantitative estimate of drug-likeness (QED) is 0.727. The Morgan fingerprint density at radius 1 is 1.00 bits per heavy atom. The molecule has 0 bridgehead atoms. The van der Waals surface area contributed by atoms with Gasteiger partial charge in [-0.25, -0.2) is 8.42 Å². The van der Waals surface area contributed by atoms with Crippen LogP contribution in [0.15, 0.2) is 53.4 Å². The lowest BCUT2D eigenvalue weighted by atomic mass is 10.1. The number of anilines is 1. The number of hydrogen-bond donors (Lipinski definition) is 2. The van der Waals surface area contributed by atoms with Crippen molar-refractivity contribution in [2.75, 3.05) is 25.0 Å². The van der Waals surface area contributed by atoms with Crippen molar-refractivity contribution in [2.45, 2.75) is 44.0 Å². The number of nitrogens with zero attached hydrogens (tertiary/aromatic N) is 1. The lowest BCUT2D eigenvalue weighted by Gasteiger charge is -2.20. The summed E-state index contributed by atoms with van der Waals surface area (Å²) in [6.45, 7) is 3.71. The van der Waals surface area contributed by atoms with Gasteiger partial charge in [-0.05, 0) is 43.5 Å². The van der Waals surface area contributed by atoms with Gasteiger partial charge in [-0.3, -0.25) is 4.79 Å². The van der Waals surface area contributed by atoms with E-state index in [1.807, 2.05) is 31.2 Å². The van der Waals surface area contributed by atoms with Crippen molar-refractivity contribution in [2.24, 2.45) is 0 Å². The molecule has 29 heavy (non-hydrogen) atoms. The van der Waals surface area contributed by atoms with E-state index in [0.29, 0.717) is 25.3 Å². The summed E-state index contributed by atoms with van der Waals surface area (Å²) in [5.41, 5.74) is 2.83. The van der Waals surface area contributed by atoms with Crippen molar-refractivity contribution in [3.05, 3.63) is 59.7 Å². The number of rotatable bonds is 7. The van der Waals surface area contributed by atoms with E-state index < -0.39 is 10.0 Å². The molecule has 2 aromatic carbocycles. The Hall–Kier alpha value is -2.38. The number of carbonyl (C=O) groups excluding carboxylic acids is 1. The highest BCUT2D eigenvalue weighted by Gasteiger charge is 2.25. The van der Waals surface area contributed by atoms with Crippen LogP contribution >= 0.6 is 0 Å². The number of benzene rings is 2. The van der Waals surface area contributed by atoms with Crippen molar-refractivity contribution in [3.63, 3.8) is 0 Å². The minimum atomic E-state index is -3.50. The molecule has 1 aliphatic heterocycles. The Labute approximate surface area is 173 Å². The third-order valence-electron chi connectivity index (χ3n) is 5.10. The van der Waals surface area contributed by atoms with Crippen LogP contribution < -0.4 is 10.6 Å². The Balaban J connectivity index is 1.56. The molecule has 0 aromatic heterocycles. The van der Waals surface area contributed by atoms with Crippen molar-refractivity contribution >= 4 is 21.6 Å². The molecule has 3 rings (SSSR count). The molecule has 0 unspecified atom stereocenters. The second kappa shape index (κ2) is 9.89. The molecule has 1 fully saturated rings. The zero-order valence-corrected chi connectivity index (χ0v) is 17.7. The van der Waals surface area contributed by atoms with Gasteiger partial charge in [0.05, 0.1) is 11.4 Å². The summed E-state index contributed by atoms with van der Waals surface area (Å²) in [6, 6.07) is 14.7. The smallest absolute Gasteiger partial charge is 0.243 e. The minimum absolute atomic E-state index is 0.0824. The van der Waals surface area contributed by atoms with E-state index in [1.54, 1.807) is 28.6 Å².